The van der Waals surface area contributed by atoms with Crippen LogP contribution in [0.2, 0.25) is 0 Å². The summed E-state index contributed by atoms with van der Waals surface area (Å²) in [4.78, 5) is 18.3. The average Bonchev–Trinajstić information content (AvgIpc) is 3.40. The number of benzene rings is 2. The molecule has 0 aliphatic heterocycles. The average molecular weight is 437 g/mol. The van der Waals surface area contributed by atoms with Gasteiger partial charge in [-0.05, 0) is 48.5 Å². The topological polar surface area (TPSA) is 64.2 Å². The number of hydrogen-bond acceptors (Lipinski definition) is 4. The summed E-state index contributed by atoms with van der Waals surface area (Å²) in [6.07, 6.45) is 3.08. The minimum absolute atomic E-state index is 0.0771. The fourth-order valence-electron chi connectivity index (χ4n) is 2.86. The van der Waals surface area contributed by atoms with Crippen molar-refractivity contribution < 1.29 is 9.21 Å². The first-order chi connectivity index (χ1) is 13.6. The van der Waals surface area contributed by atoms with Crippen LogP contribution in [0.25, 0.3) is 17.0 Å². The van der Waals surface area contributed by atoms with Gasteiger partial charge in [0.05, 0.1) is 12.2 Å². The molecule has 0 bridgehead atoms. The van der Waals surface area contributed by atoms with E-state index in [2.05, 4.69) is 26.0 Å². The van der Waals surface area contributed by atoms with Crippen molar-refractivity contribution in [3.63, 3.8) is 0 Å². The molecule has 6 nitrogen and oxygen atoms in total. The van der Waals surface area contributed by atoms with Crippen molar-refractivity contribution in [2.45, 2.75) is 6.54 Å². The van der Waals surface area contributed by atoms with Gasteiger partial charge in [0.25, 0.3) is 5.91 Å². The van der Waals surface area contributed by atoms with Crippen LogP contribution in [0, 0.1) is 0 Å². The highest BCUT2D eigenvalue weighted by Gasteiger charge is 2.14. The predicted molar refractivity (Wildman–Crippen MR) is 109 cm³/mol. The SMILES string of the molecule is CN(Cc1ccc(-c2ccc(Br)cc2)o1)C(=O)c1ccc(-n2cncn2)cc1. The van der Waals surface area contributed by atoms with Crippen molar-refractivity contribution in [3.05, 3.63) is 89.1 Å². The van der Waals surface area contributed by atoms with E-state index in [-0.39, 0.29) is 5.91 Å². The number of amides is 1. The molecule has 0 N–H and O–H groups in total. The Balaban J connectivity index is 1.44. The monoisotopic (exact) mass is 436 g/mol. The zero-order valence-electron chi connectivity index (χ0n) is 15.1. The maximum atomic E-state index is 12.7. The number of aromatic nitrogens is 3. The fourth-order valence-corrected chi connectivity index (χ4v) is 3.12. The van der Waals surface area contributed by atoms with E-state index >= 15 is 0 Å². The quantitative estimate of drug-likeness (QED) is 0.459. The van der Waals surface area contributed by atoms with E-state index in [0.29, 0.717) is 12.1 Å². The second-order valence-corrected chi connectivity index (χ2v) is 7.24. The van der Waals surface area contributed by atoms with E-state index in [9.17, 15) is 4.79 Å². The molecule has 2 heterocycles. The van der Waals surface area contributed by atoms with Crippen molar-refractivity contribution in [2.24, 2.45) is 0 Å². The zero-order valence-corrected chi connectivity index (χ0v) is 16.7. The molecule has 0 aliphatic carbocycles. The number of carbonyl (C=O) groups is 1. The molecular weight excluding hydrogens is 420 g/mol. The maximum absolute atomic E-state index is 12.7. The molecule has 0 aliphatic rings. The standard InChI is InChI=1S/C21H17BrN4O2/c1-25(12-19-10-11-20(28-19)15-2-6-17(22)7-3-15)21(27)16-4-8-18(9-5-16)26-14-23-13-24-26/h2-11,13-14H,12H2,1H3. The molecule has 2 aromatic heterocycles. The van der Waals surface area contributed by atoms with Gasteiger partial charge in [0.1, 0.15) is 24.2 Å². The van der Waals surface area contributed by atoms with Crippen LogP contribution in [-0.2, 0) is 6.54 Å². The van der Waals surface area contributed by atoms with Gasteiger partial charge in [0, 0.05) is 22.6 Å². The van der Waals surface area contributed by atoms with E-state index in [4.69, 9.17) is 4.42 Å². The Bertz CT molecular complexity index is 1070. The molecule has 28 heavy (non-hydrogen) atoms. The summed E-state index contributed by atoms with van der Waals surface area (Å²) < 4.78 is 8.57. The summed E-state index contributed by atoms with van der Waals surface area (Å²) in [5, 5.41) is 4.08. The second-order valence-electron chi connectivity index (χ2n) is 6.32. The summed E-state index contributed by atoms with van der Waals surface area (Å²) in [5.74, 6) is 1.43. The Labute approximate surface area is 170 Å². The lowest BCUT2D eigenvalue weighted by molar-refractivity contribution is 0.0776. The van der Waals surface area contributed by atoms with Gasteiger partial charge in [-0.25, -0.2) is 9.67 Å². The Morgan fingerprint density at radius 2 is 1.82 bits per heavy atom. The smallest absolute Gasteiger partial charge is 0.254 e. The first-order valence-corrected chi connectivity index (χ1v) is 9.44. The molecule has 4 rings (SSSR count). The van der Waals surface area contributed by atoms with Crippen LogP contribution < -0.4 is 0 Å². The number of rotatable bonds is 5. The molecule has 0 radical (unpaired) electrons. The highest BCUT2D eigenvalue weighted by atomic mass is 79.9. The summed E-state index contributed by atoms with van der Waals surface area (Å²) in [7, 11) is 1.76. The minimum atomic E-state index is -0.0771. The van der Waals surface area contributed by atoms with Crippen LogP contribution in [0.5, 0.6) is 0 Å². The van der Waals surface area contributed by atoms with Gasteiger partial charge in [0.2, 0.25) is 0 Å². The Hall–Kier alpha value is -3.19. The van der Waals surface area contributed by atoms with Crippen LogP contribution in [0.1, 0.15) is 16.1 Å². The predicted octanol–water partition coefficient (Wildman–Crippen LogP) is 4.56. The van der Waals surface area contributed by atoms with E-state index in [1.807, 2.05) is 48.5 Å². The summed E-state index contributed by atoms with van der Waals surface area (Å²) >= 11 is 3.43. The largest absolute Gasteiger partial charge is 0.459 e. The lowest BCUT2D eigenvalue weighted by atomic mass is 10.2. The first-order valence-electron chi connectivity index (χ1n) is 8.65. The normalized spacial score (nSPS) is 10.8. The summed E-state index contributed by atoms with van der Waals surface area (Å²) in [5.41, 5.74) is 2.44. The Morgan fingerprint density at radius 3 is 2.50 bits per heavy atom. The van der Waals surface area contributed by atoms with Gasteiger partial charge >= 0.3 is 0 Å². The minimum Gasteiger partial charge on any atom is -0.459 e. The molecule has 0 unspecified atom stereocenters. The molecular formula is C21H17BrN4O2. The van der Waals surface area contributed by atoms with E-state index in [0.717, 1.165) is 27.2 Å². The number of hydrogen-bond donors (Lipinski definition) is 0. The number of furan rings is 1. The van der Waals surface area contributed by atoms with Crippen molar-refractivity contribution in [2.75, 3.05) is 7.05 Å². The van der Waals surface area contributed by atoms with Crippen molar-refractivity contribution in [1.82, 2.24) is 19.7 Å². The van der Waals surface area contributed by atoms with Crippen molar-refractivity contribution in [1.29, 1.82) is 0 Å². The van der Waals surface area contributed by atoms with Crippen LogP contribution in [-0.4, -0.2) is 32.6 Å². The Morgan fingerprint density at radius 1 is 1.07 bits per heavy atom. The van der Waals surface area contributed by atoms with Crippen molar-refractivity contribution in [3.8, 4) is 17.0 Å². The highest BCUT2D eigenvalue weighted by Crippen LogP contribution is 2.24. The van der Waals surface area contributed by atoms with E-state index in [1.54, 1.807) is 35.1 Å². The van der Waals surface area contributed by atoms with Crippen LogP contribution in [0.15, 0.2) is 82.2 Å². The zero-order chi connectivity index (χ0) is 19.5. The third-order valence-electron chi connectivity index (χ3n) is 4.33. The van der Waals surface area contributed by atoms with Crippen LogP contribution in [0.3, 0.4) is 0 Å². The van der Waals surface area contributed by atoms with Crippen molar-refractivity contribution >= 4 is 21.8 Å². The first kappa shape index (κ1) is 18.2. The molecule has 0 atom stereocenters. The van der Waals surface area contributed by atoms with Gasteiger partial charge < -0.3 is 9.32 Å². The molecule has 0 saturated heterocycles. The molecule has 7 heteroatoms. The molecule has 2 aromatic carbocycles. The van der Waals surface area contributed by atoms with Gasteiger partial charge in [-0.2, -0.15) is 5.10 Å². The van der Waals surface area contributed by atoms with Gasteiger partial charge in [-0.15, -0.1) is 0 Å². The van der Waals surface area contributed by atoms with Gasteiger partial charge in [-0.3, -0.25) is 4.79 Å². The van der Waals surface area contributed by atoms with Gasteiger partial charge in [-0.1, -0.05) is 28.1 Å². The second kappa shape index (κ2) is 7.82. The van der Waals surface area contributed by atoms with Crippen LogP contribution in [0.4, 0.5) is 0 Å². The lowest BCUT2D eigenvalue weighted by Crippen LogP contribution is -2.25. The third-order valence-corrected chi connectivity index (χ3v) is 4.86. The maximum Gasteiger partial charge on any atom is 0.254 e. The van der Waals surface area contributed by atoms with Crippen LogP contribution >= 0.6 is 15.9 Å². The van der Waals surface area contributed by atoms with E-state index in [1.165, 1.54) is 6.33 Å². The van der Waals surface area contributed by atoms with E-state index < -0.39 is 0 Å². The molecule has 140 valence electrons. The Kier molecular flexibility index (Phi) is 5.08. The molecule has 0 saturated carbocycles. The molecule has 0 spiro atoms. The lowest BCUT2D eigenvalue weighted by Gasteiger charge is -2.16. The summed E-state index contributed by atoms with van der Waals surface area (Å²) in [6.45, 7) is 0.389. The number of nitrogens with zero attached hydrogens (tertiary/aromatic N) is 4. The summed E-state index contributed by atoms with van der Waals surface area (Å²) in [6, 6.07) is 19.0. The molecule has 4 aromatic rings. The molecule has 1 amide bonds. The number of carbonyl (C=O) groups excluding carboxylic acids is 1. The third kappa shape index (κ3) is 3.89. The van der Waals surface area contributed by atoms with Gasteiger partial charge in [0.15, 0.2) is 0 Å². The fraction of sp³-hybridized carbons (Fsp3) is 0.0952. The molecule has 0 fully saturated rings. The number of halogens is 1. The highest BCUT2D eigenvalue weighted by molar-refractivity contribution is 9.10.